The van der Waals surface area contributed by atoms with Crippen molar-refractivity contribution in [3.8, 4) is 0 Å². The van der Waals surface area contributed by atoms with Crippen LogP contribution in [0.15, 0.2) is 18.2 Å². The van der Waals surface area contributed by atoms with Gasteiger partial charge in [0.1, 0.15) is 0 Å². The summed E-state index contributed by atoms with van der Waals surface area (Å²) in [5, 5.41) is 4.99. The summed E-state index contributed by atoms with van der Waals surface area (Å²) in [6.07, 6.45) is 1.23. The van der Waals surface area contributed by atoms with Crippen LogP contribution in [0, 0.1) is 11.8 Å². The summed E-state index contributed by atoms with van der Waals surface area (Å²) in [7, 11) is 0. The van der Waals surface area contributed by atoms with Crippen LogP contribution < -0.4 is 10.2 Å². The summed E-state index contributed by atoms with van der Waals surface area (Å²) in [6.45, 7) is 8.82. The normalized spacial score (nSPS) is 19.4. The van der Waals surface area contributed by atoms with Gasteiger partial charge in [0.25, 0.3) is 0 Å². The number of halogens is 2. The van der Waals surface area contributed by atoms with E-state index in [1.54, 1.807) is 0 Å². The lowest BCUT2D eigenvalue weighted by molar-refractivity contribution is 0.477. The summed E-state index contributed by atoms with van der Waals surface area (Å²) < 4.78 is 0. The average molecular weight is 301 g/mol. The van der Waals surface area contributed by atoms with Crippen molar-refractivity contribution in [1.82, 2.24) is 5.32 Å². The van der Waals surface area contributed by atoms with Gasteiger partial charge in [0, 0.05) is 18.1 Å². The fourth-order valence-corrected chi connectivity index (χ4v) is 3.06. The predicted octanol–water partition coefficient (Wildman–Crippen LogP) is 4.07. The Labute approximate surface area is 126 Å². The van der Waals surface area contributed by atoms with Crippen molar-refractivity contribution in [3.63, 3.8) is 0 Å². The Bertz CT molecular complexity index is 421. The molecule has 0 radical (unpaired) electrons. The molecule has 1 aliphatic heterocycles. The molecule has 0 aromatic heterocycles. The highest BCUT2D eigenvalue weighted by Crippen LogP contribution is 2.32. The van der Waals surface area contributed by atoms with Gasteiger partial charge < -0.3 is 10.2 Å². The molecule has 0 saturated carbocycles. The van der Waals surface area contributed by atoms with E-state index in [0.717, 1.165) is 36.9 Å². The summed E-state index contributed by atoms with van der Waals surface area (Å²) in [5.41, 5.74) is 1.11. The lowest BCUT2D eigenvalue weighted by Crippen LogP contribution is -2.28. The standard InChI is InChI=1S/C15H22Cl2N2/c1-11(2)8-18-9-12-5-6-19(10-12)15-4-3-13(16)7-14(15)17/h3-4,7,11-12,18H,5-6,8-10H2,1-2H3. The van der Waals surface area contributed by atoms with Gasteiger partial charge in [-0.3, -0.25) is 0 Å². The van der Waals surface area contributed by atoms with Crippen LogP contribution in [-0.4, -0.2) is 26.2 Å². The van der Waals surface area contributed by atoms with Gasteiger partial charge in [0.15, 0.2) is 0 Å². The Morgan fingerprint density at radius 2 is 2.16 bits per heavy atom. The zero-order valence-corrected chi connectivity index (χ0v) is 13.1. The molecule has 106 valence electrons. The zero-order chi connectivity index (χ0) is 13.8. The maximum absolute atomic E-state index is 6.26. The van der Waals surface area contributed by atoms with E-state index >= 15 is 0 Å². The maximum Gasteiger partial charge on any atom is 0.0654 e. The Kier molecular flexibility index (Phi) is 5.37. The summed E-state index contributed by atoms with van der Waals surface area (Å²) in [5.74, 6) is 1.42. The molecule has 1 aliphatic rings. The molecule has 2 rings (SSSR count). The average Bonchev–Trinajstić information content (AvgIpc) is 2.77. The van der Waals surface area contributed by atoms with Gasteiger partial charge in [-0.2, -0.15) is 0 Å². The summed E-state index contributed by atoms with van der Waals surface area (Å²) >= 11 is 12.2. The lowest BCUT2D eigenvalue weighted by atomic mass is 10.1. The third-order valence-corrected chi connectivity index (χ3v) is 4.06. The molecule has 1 N–H and O–H groups in total. The van der Waals surface area contributed by atoms with Crippen LogP contribution in [0.25, 0.3) is 0 Å². The molecule has 1 aromatic carbocycles. The van der Waals surface area contributed by atoms with Gasteiger partial charge >= 0.3 is 0 Å². The van der Waals surface area contributed by atoms with Crippen molar-refractivity contribution in [2.75, 3.05) is 31.1 Å². The minimum atomic E-state index is 0.697. The third-order valence-electron chi connectivity index (χ3n) is 3.52. The highest BCUT2D eigenvalue weighted by atomic mass is 35.5. The van der Waals surface area contributed by atoms with Gasteiger partial charge in [-0.15, -0.1) is 0 Å². The predicted molar refractivity (Wildman–Crippen MR) is 84.5 cm³/mol. The number of nitrogens with one attached hydrogen (secondary N) is 1. The molecule has 0 amide bonds. The van der Waals surface area contributed by atoms with E-state index in [9.17, 15) is 0 Å². The second-order valence-electron chi connectivity index (χ2n) is 5.75. The number of benzene rings is 1. The van der Waals surface area contributed by atoms with E-state index in [-0.39, 0.29) is 0 Å². The molecule has 1 atom stereocenters. The van der Waals surface area contributed by atoms with Crippen LogP contribution in [0.3, 0.4) is 0 Å². The molecule has 0 bridgehead atoms. The van der Waals surface area contributed by atoms with E-state index in [1.165, 1.54) is 6.42 Å². The number of hydrogen-bond donors (Lipinski definition) is 1. The molecule has 0 aliphatic carbocycles. The second kappa shape index (κ2) is 6.83. The first-order chi connectivity index (χ1) is 9.06. The van der Waals surface area contributed by atoms with Crippen molar-refractivity contribution >= 4 is 28.9 Å². The first kappa shape index (κ1) is 15.0. The Hall–Kier alpha value is -0.440. The minimum absolute atomic E-state index is 0.697. The van der Waals surface area contributed by atoms with Gasteiger partial charge in [-0.05, 0) is 49.5 Å². The summed E-state index contributed by atoms with van der Waals surface area (Å²) in [6, 6.07) is 5.75. The Morgan fingerprint density at radius 1 is 1.37 bits per heavy atom. The van der Waals surface area contributed by atoms with Gasteiger partial charge in [-0.25, -0.2) is 0 Å². The quantitative estimate of drug-likeness (QED) is 0.882. The van der Waals surface area contributed by atoms with Crippen LogP contribution in [0.1, 0.15) is 20.3 Å². The molecule has 1 fully saturated rings. The van der Waals surface area contributed by atoms with Gasteiger partial charge in [0.2, 0.25) is 0 Å². The first-order valence-electron chi connectivity index (χ1n) is 6.97. The molecular formula is C15H22Cl2N2. The third kappa shape index (κ3) is 4.27. The number of hydrogen-bond acceptors (Lipinski definition) is 2. The van der Waals surface area contributed by atoms with Crippen LogP contribution >= 0.6 is 23.2 Å². The van der Waals surface area contributed by atoms with Crippen LogP contribution in [0.5, 0.6) is 0 Å². The van der Waals surface area contributed by atoms with Crippen molar-refractivity contribution < 1.29 is 0 Å². The zero-order valence-electron chi connectivity index (χ0n) is 11.6. The molecule has 1 heterocycles. The van der Waals surface area contributed by atoms with E-state index in [1.807, 2.05) is 18.2 Å². The Balaban J connectivity index is 1.87. The van der Waals surface area contributed by atoms with Crippen LogP contribution in [-0.2, 0) is 0 Å². The van der Waals surface area contributed by atoms with Crippen molar-refractivity contribution in [2.24, 2.45) is 11.8 Å². The molecule has 19 heavy (non-hydrogen) atoms. The fraction of sp³-hybridized carbons (Fsp3) is 0.600. The van der Waals surface area contributed by atoms with Gasteiger partial charge in [0.05, 0.1) is 10.7 Å². The fourth-order valence-electron chi connectivity index (χ4n) is 2.53. The smallest absolute Gasteiger partial charge is 0.0654 e. The largest absolute Gasteiger partial charge is 0.370 e. The highest BCUT2D eigenvalue weighted by molar-refractivity contribution is 6.36. The molecular weight excluding hydrogens is 279 g/mol. The number of anilines is 1. The minimum Gasteiger partial charge on any atom is -0.370 e. The molecule has 1 unspecified atom stereocenters. The van der Waals surface area contributed by atoms with E-state index in [2.05, 4.69) is 24.1 Å². The van der Waals surface area contributed by atoms with Gasteiger partial charge in [-0.1, -0.05) is 37.0 Å². The van der Waals surface area contributed by atoms with E-state index < -0.39 is 0 Å². The number of nitrogens with zero attached hydrogens (tertiary/aromatic N) is 1. The second-order valence-corrected chi connectivity index (χ2v) is 6.59. The number of rotatable bonds is 5. The molecule has 4 heteroatoms. The van der Waals surface area contributed by atoms with Crippen molar-refractivity contribution in [1.29, 1.82) is 0 Å². The highest BCUT2D eigenvalue weighted by Gasteiger charge is 2.23. The van der Waals surface area contributed by atoms with Crippen LogP contribution in [0.2, 0.25) is 10.0 Å². The topological polar surface area (TPSA) is 15.3 Å². The Morgan fingerprint density at radius 3 is 2.84 bits per heavy atom. The van der Waals surface area contributed by atoms with E-state index in [4.69, 9.17) is 23.2 Å². The maximum atomic E-state index is 6.26. The van der Waals surface area contributed by atoms with Crippen molar-refractivity contribution in [2.45, 2.75) is 20.3 Å². The lowest BCUT2D eigenvalue weighted by Gasteiger charge is -2.20. The van der Waals surface area contributed by atoms with Crippen molar-refractivity contribution in [3.05, 3.63) is 28.2 Å². The SMILES string of the molecule is CC(C)CNCC1CCN(c2ccc(Cl)cc2Cl)C1. The molecule has 2 nitrogen and oxygen atoms in total. The first-order valence-corrected chi connectivity index (χ1v) is 7.72. The van der Waals surface area contributed by atoms with Crippen LogP contribution in [0.4, 0.5) is 5.69 Å². The monoisotopic (exact) mass is 300 g/mol. The molecule has 1 aromatic rings. The molecule has 1 saturated heterocycles. The van der Waals surface area contributed by atoms with E-state index in [0.29, 0.717) is 16.9 Å². The molecule has 0 spiro atoms. The summed E-state index contributed by atoms with van der Waals surface area (Å²) in [4.78, 5) is 2.36.